The summed E-state index contributed by atoms with van der Waals surface area (Å²) in [6.07, 6.45) is 3.19. The lowest BCUT2D eigenvalue weighted by molar-refractivity contribution is 0.617. The number of thioether (sulfide) groups is 1. The van der Waals surface area contributed by atoms with Gasteiger partial charge in [0.05, 0.1) is 11.6 Å². The maximum absolute atomic E-state index is 13.7. The van der Waals surface area contributed by atoms with Crippen molar-refractivity contribution in [2.24, 2.45) is 7.05 Å². The van der Waals surface area contributed by atoms with E-state index in [0.29, 0.717) is 16.3 Å². The highest BCUT2D eigenvalue weighted by Gasteiger charge is 2.11. The van der Waals surface area contributed by atoms with Gasteiger partial charge in [-0.15, -0.1) is 11.8 Å². The van der Waals surface area contributed by atoms with Gasteiger partial charge in [0, 0.05) is 23.4 Å². The summed E-state index contributed by atoms with van der Waals surface area (Å²) in [6, 6.07) is 4.68. The van der Waals surface area contributed by atoms with E-state index < -0.39 is 0 Å². The molecule has 20 heavy (non-hydrogen) atoms. The molecular formula is C13H10ClFN4S. The van der Waals surface area contributed by atoms with Crippen molar-refractivity contribution in [3.63, 3.8) is 0 Å². The van der Waals surface area contributed by atoms with E-state index in [1.165, 1.54) is 24.2 Å². The molecule has 0 N–H and O–H groups in total. The van der Waals surface area contributed by atoms with Crippen LogP contribution in [-0.2, 0) is 12.8 Å². The van der Waals surface area contributed by atoms with Crippen LogP contribution < -0.4 is 0 Å². The Bertz CT molecular complexity index is 754. The first-order valence-electron chi connectivity index (χ1n) is 5.85. The zero-order chi connectivity index (χ0) is 14.1. The molecule has 0 atom stereocenters. The molecule has 0 saturated heterocycles. The number of nitrogens with zero attached hydrogens (tertiary/aromatic N) is 4. The molecule has 2 heterocycles. The Morgan fingerprint density at radius 2 is 2.20 bits per heavy atom. The second kappa shape index (κ2) is 5.38. The second-order valence-corrected chi connectivity index (χ2v) is 5.54. The number of aryl methyl sites for hydroxylation is 1. The van der Waals surface area contributed by atoms with Crippen molar-refractivity contribution in [3.05, 3.63) is 47.1 Å². The van der Waals surface area contributed by atoms with E-state index >= 15 is 0 Å². The van der Waals surface area contributed by atoms with Crippen LogP contribution in [0.5, 0.6) is 0 Å². The fraction of sp³-hybridized carbons (Fsp3) is 0.154. The van der Waals surface area contributed by atoms with Gasteiger partial charge >= 0.3 is 0 Å². The molecular weight excluding hydrogens is 299 g/mol. The lowest BCUT2D eigenvalue weighted by Gasteiger charge is -2.05. The summed E-state index contributed by atoms with van der Waals surface area (Å²) in [5, 5.41) is 6.19. The Labute approximate surface area is 124 Å². The minimum Gasteiger partial charge on any atom is -0.250 e. The first-order valence-corrected chi connectivity index (χ1v) is 7.21. The molecule has 3 aromatic rings. The summed E-state index contributed by atoms with van der Waals surface area (Å²) in [7, 11) is 1.82. The van der Waals surface area contributed by atoms with Crippen LogP contribution in [0.25, 0.3) is 11.0 Å². The van der Waals surface area contributed by atoms with Crippen molar-refractivity contribution in [1.82, 2.24) is 19.7 Å². The van der Waals surface area contributed by atoms with Gasteiger partial charge in [-0.1, -0.05) is 17.7 Å². The average Bonchev–Trinajstić information content (AvgIpc) is 2.81. The van der Waals surface area contributed by atoms with Gasteiger partial charge in [0.2, 0.25) is 0 Å². The molecule has 3 rings (SSSR count). The second-order valence-electron chi connectivity index (χ2n) is 4.17. The summed E-state index contributed by atoms with van der Waals surface area (Å²) in [5.74, 6) is 0.105. The maximum atomic E-state index is 13.7. The van der Waals surface area contributed by atoms with E-state index in [4.69, 9.17) is 11.6 Å². The predicted octanol–water partition coefficient (Wildman–Crippen LogP) is 3.45. The van der Waals surface area contributed by atoms with Crippen LogP contribution in [0.2, 0.25) is 5.02 Å². The quantitative estimate of drug-likeness (QED) is 0.549. The molecule has 0 radical (unpaired) electrons. The minimum atomic E-state index is -0.304. The van der Waals surface area contributed by atoms with Crippen LogP contribution >= 0.6 is 23.4 Å². The van der Waals surface area contributed by atoms with Gasteiger partial charge in [0.25, 0.3) is 0 Å². The van der Waals surface area contributed by atoms with Crippen LogP contribution in [0, 0.1) is 5.82 Å². The molecule has 0 amide bonds. The van der Waals surface area contributed by atoms with E-state index in [1.54, 1.807) is 23.0 Å². The molecule has 7 heteroatoms. The third-order valence-corrected chi connectivity index (χ3v) is 4.29. The molecule has 0 aliphatic heterocycles. The SMILES string of the molecule is Cn1ncc2c(SCc3c(F)cccc3Cl)ncnc21. The molecule has 0 unspecified atom stereocenters. The van der Waals surface area contributed by atoms with Crippen molar-refractivity contribution < 1.29 is 4.39 Å². The monoisotopic (exact) mass is 308 g/mol. The molecule has 0 aliphatic carbocycles. The number of halogens is 2. The van der Waals surface area contributed by atoms with Gasteiger partial charge in [-0.2, -0.15) is 5.10 Å². The number of fused-ring (bicyclic) bond motifs is 1. The van der Waals surface area contributed by atoms with Gasteiger partial charge in [-0.25, -0.2) is 14.4 Å². The van der Waals surface area contributed by atoms with E-state index in [-0.39, 0.29) is 5.82 Å². The van der Waals surface area contributed by atoms with Crippen molar-refractivity contribution >= 4 is 34.4 Å². The fourth-order valence-electron chi connectivity index (χ4n) is 1.87. The summed E-state index contributed by atoms with van der Waals surface area (Å²) in [5.41, 5.74) is 1.23. The zero-order valence-electron chi connectivity index (χ0n) is 10.5. The molecule has 0 saturated carbocycles. The summed E-state index contributed by atoms with van der Waals surface area (Å²) < 4.78 is 15.4. The Morgan fingerprint density at radius 1 is 1.35 bits per heavy atom. The van der Waals surface area contributed by atoms with Crippen LogP contribution in [0.15, 0.2) is 35.7 Å². The smallest absolute Gasteiger partial charge is 0.162 e. The van der Waals surface area contributed by atoms with Crippen LogP contribution in [0.3, 0.4) is 0 Å². The molecule has 1 aromatic carbocycles. The predicted molar refractivity (Wildman–Crippen MR) is 77.3 cm³/mol. The standard InChI is InChI=1S/C13H10ClFN4S/c1-19-12-8(5-18-19)13(17-7-16-12)20-6-9-10(14)3-2-4-11(9)15/h2-5,7H,6H2,1H3. The zero-order valence-corrected chi connectivity index (χ0v) is 12.1. The van der Waals surface area contributed by atoms with Gasteiger partial charge in [0.1, 0.15) is 17.2 Å². The molecule has 102 valence electrons. The third-order valence-electron chi connectivity index (χ3n) is 2.91. The lowest BCUT2D eigenvalue weighted by atomic mass is 10.2. The molecule has 2 aromatic heterocycles. The van der Waals surface area contributed by atoms with Gasteiger partial charge in [-0.05, 0) is 12.1 Å². The van der Waals surface area contributed by atoms with Crippen LogP contribution in [0.1, 0.15) is 5.56 Å². The van der Waals surface area contributed by atoms with Crippen molar-refractivity contribution in [3.8, 4) is 0 Å². The normalized spacial score (nSPS) is 11.2. The van der Waals surface area contributed by atoms with Crippen molar-refractivity contribution in [1.29, 1.82) is 0 Å². The number of hydrogen-bond donors (Lipinski definition) is 0. The van der Waals surface area contributed by atoms with Gasteiger partial charge < -0.3 is 0 Å². The van der Waals surface area contributed by atoms with E-state index in [2.05, 4.69) is 15.1 Å². The summed E-state index contributed by atoms with van der Waals surface area (Å²) >= 11 is 7.43. The van der Waals surface area contributed by atoms with Crippen LogP contribution in [-0.4, -0.2) is 19.7 Å². The van der Waals surface area contributed by atoms with Crippen LogP contribution in [0.4, 0.5) is 4.39 Å². The number of hydrogen-bond acceptors (Lipinski definition) is 4. The first-order chi connectivity index (χ1) is 9.66. The minimum absolute atomic E-state index is 0.304. The Hall–Kier alpha value is -1.66. The number of benzene rings is 1. The average molecular weight is 309 g/mol. The van der Waals surface area contributed by atoms with E-state index in [9.17, 15) is 4.39 Å². The molecule has 0 fully saturated rings. The Morgan fingerprint density at radius 3 is 3.00 bits per heavy atom. The maximum Gasteiger partial charge on any atom is 0.162 e. The Balaban J connectivity index is 1.91. The number of rotatable bonds is 3. The highest BCUT2D eigenvalue weighted by atomic mass is 35.5. The summed E-state index contributed by atoms with van der Waals surface area (Å²) in [4.78, 5) is 8.39. The van der Waals surface area contributed by atoms with Gasteiger partial charge in [-0.3, -0.25) is 4.68 Å². The molecule has 0 spiro atoms. The van der Waals surface area contributed by atoms with Crippen molar-refractivity contribution in [2.45, 2.75) is 10.8 Å². The third kappa shape index (κ3) is 2.36. The number of aromatic nitrogens is 4. The topological polar surface area (TPSA) is 43.6 Å². The Kier molecular flexibility index (Phi) is 3.58. The largest absolute Gasteiger partial charge is 0.250 e. The lowest BCUT2D eigenvalue weighted by Crippen LogP contribution is -1.93. The van der Waals surface area contributed by atoms with Gasteiger partial charge in [0.15, 0.2) is 5.65 Å². The fourth-order valence-corrected chi connectivity index (χ4v) is 3.17. The summed E-state index contributed by atoms with van der Waals surface area (Å²) in [6.45, 7) is 0. The van der Waals surface area contributed by atoms with E-state index in [0.717, 1.165) is 16.1 Å². The molecule has 0 aliphatic rings. The highest BCUT2D eigenvalue weighted by Crippen LogP contribution is 2.30. The highest BCUT2D eigenvalue weighted by molar-refractivity contribution is 7.98. The molecule has 4 nitrogen and oxygen atoms in total. The van der Waals surface area contributed by atoms with Crippen molar-refractivity contribution in [2.75, 3.05) is 0 Å². The van der Waals surface area contributed by atoms with E-state index in [1.807, 2.05) is 7.05 Å². The molecule has 0 bridgehead atoms. The first kappa shape index (κ1) is 13.3.